The molecule has 142 valence electrons. The quantitative estimate of drug-likeness (QED) is 0.765. The first-order valence-corrected chi connectivity index (χ1v) is 9.07. The maximum Gasteiger partial charge on any atom is 0.416 e. The van der Waals surface area contributed by atoms with Gasteiger partial charge < -0.3 is 4.90 Å². The van der Waals surface area contributed by atoms with Crippen molar-refractivity contribution in [3.05, 3.63) is 35.4 Å². The van der Waals surface area contributed by atoms with E-state index in [1.807, 2.05) is 0 Å². The summed E-state index contributed by atoms with van der Waals surface area (Å²) in [5, 5.41) is 0. The van der Waals surface area contributed by atoms with Crippen LogP contribution >= 0.6 is 0 Å². The molecule has 1 aromatic rings. The van der Waals surface area contributed by atoms with Crippen LogP contribution in [0.1, 0.15) is 48.0 Å². The molecule has 1 amide bonds. The highest BCUT2D eigenvalue weighted by Crippen LogP contribution is 2.30. The number of nitrogens with zero attached hydrogens (tertiary/aromatic N) is 2. The minimum absolute atomic E-state index is 0.00437. The molecule has 0 spiro atoms. The second-order valence-corrected chi connectivity index (χ2v) is 7.03. The van der Waals surface area contributed by atoms with Crippen molar-refractivity contribution in [1.82, 2.24) is 9.80 Å². The Balaban J connectivity index is 1.54. The van der Waals surface area contributed by atoms with E-state index in [0.29, 0.717) is 19.1 Å². The number of amides is 1. The Morgan fingerprint density at radius 3 is 2.65 bits per heavy atom. The zero-order valence-electron chi connectivity index (χ0n) is 14.6. The Bertz CT molecular complexity index is 675. The summed E-state index contributed by atoms with van der Waals surface area (Å²) < 4.78 is 38.2. The van der Waals surface area contributed by atoms with Gasteiger partial charge in [-0.15, -0.1) is 0 Å². The Kier molecular flexibility index (Phi) is 5.65. The lowest BCUT2D eigenvalue weighted by Gasteiger charge is -2.44. The van der Waals surface area contributed by atoms with E-state index in [1.54, 1.807) is 4.90 Å². The summed E-state index contributed by atoms with van der Waals surface area (Å²) in [5.41, 5.74) is -0.840. The van der Waals surface area contributed by atoms with Crippen LogP contribution in [0.5, 0.6) is 0 Å². The normalized spacial score (nSPS) is 21.3. The molecular formula is C19H23F3N2O2. The van der Waals surface area contributed by atoms with Gasteiger partial charge >= 0.3 is 6.18 Å². The van der Waals surface area contributed by atoms with Gasteiger partial charge in [0.25, 0.3) is 0 Å². The van der Waals surface area contributed by atoms with E-state index in [9.17, 15) is 22.8 Å². The second-order valence-electron chi connectivity index (χ2n) is 7.03. The number of alkyl halides is 3. The van der Waals surface area contributed by atoms with Gasteiger partial charge in [0.2, 0.25) is 5.91 Å². The van der Waals surface area contributed by atoms with Gasteiger partial charge in [0, 0.05) is 44.1 Å². The summed E-state index contributed by atoms with van der Waals surface area (Å²) in [6.07, 6.45) is -1.03. The average Bonchev–Trinajstić information content (AvgIpc) is 2.64. The van der Waals surface area contributed by atoms with Crippen molar-refractivity contribution in [3.8, 4) is 0 Å². The molecule has 3 rings (SSSR count). The van der Waals surface area contributed by atoms with Gasteiger partial charge in [-0.2, -0.15) is 13.2 Å². The predicted octanol–water partition coefficient (Wildman–Crippen LogP) is 3.37. The van der Waals surface area contributed by atoms with Crippen molar-refractivity contribution in [2.45, 2.75) is 44.3 Å². The second kappa shape index (κ2) is 7.78. The largest absolute Gasteiger partial charge is 0.416 e. The number of carbonyl (C=O) groups excluding carboxylic acids is 2. The standard InChI is InChI=1S/C19H23F3N2O2/c20-19(21,22)15-5-3-4-14(12-15)17(25)7-8-18(26)24-11-10-23-9-2-1-6-16(23)13-24/h3-5,12,16H,1-2,6-11,13H2/t16-/m1/s1. The molecule has 1 atom stereocenters. The van der Waals surface area contributed by atoms with Crippen LogP contribution in [0.2, 0.25) is 0 Å². The first-order valence-electron chi connectivity index (χ1n) is 9.07. The van der Waals surface area contributed by atoms with E-state index in [1.165, 1.54) is 25.0 Å². The SMILES string of the molecule is O=C(CCC(=O)N1CCN2CCCC[C@@H]2C1)c1cccc(C(F)(F)F)c1. The topological polar surface area (TPSA) is 40.6 Å². The summed E-state index contributed by atoms with van der Waals surface area (Å²) in [6, 6.07) is 4.78. The van der Waals surface area contributed by atoms with Crippen molar-refractivity contribution in [3.63, 3.8) is 0 Å². The van der Waals surface area contributed by atoms with Gasteiger partial charge in [-0.3, -0.25) is 14.5 Å². The van der Waals surface area contributed by atoms with Crippen LogP contribution in [0, 0.1) is 0 Å². The molecule has 7 heteroatoms. The van der Waals surface area contributed by atoms with Gasteiger partial charge in [-0.1, -0.05) is 18.6 Å². The van der Waals surface area contributed by atoms with Crippen LogP contribution < -0.4 is 0 Å². The fraction of sp³-hybridized carbons (Fsp3) is 0.579. The lowest BCUT2D eigenvalue weighted by Crippen LogP contribution is -2.56. The number of piperidine rings is 1. The Hall–Kier alpha value is -1.89. The molecule has 2 fully saturated rings. The number of hydrogen-bond acceptors (Lipinski definition) is 3. The lowest BCUT2D eigenvalue weighted by molar-refractivity contribution is -0.137. The fourth-order valence-electron chi connectivity index (χ4n) is 3.77. The molecule has 0 unspecified atom stereocenters. The molecule has 0 aliphatic carbocycles. The van der Waals surface area contributed by atoms with Crippen LogP contribution in [0.25, 0.3) is 0 Å². The number of fused-ring (bicyclic) bond motifs is 1. The minimum atomic E-state index is -4.48. The molecular weight excluding hydrogens is 345 g/mol. The van der Waals surface area contributed by atoms with E-state index in [4.69, 9.17) is 0 Å². The van der Waals surface area contributed by atoms with Gasteiger partial charge in [0.15, 0.2) is 5.78 Å². The third-order valence-electron chi connectivity index (χ3n) is 5.27. The predicted molar refractivity (Wildman–Crippen MR) is 90.8 cm³/mol. The molecule has 2 aliphatic rings. The molecule has 4 nitrogen and oxygen atoms in total. The lowest BCUT2D eigenvalue weighted by atomic mass is 9.99. The summed E-state index contributed by atoms with van der Waals surface area (Å²) in [5.74, 6) is -0.517. The van der Waals surface area contributed by atoms with Crippen molar-refractivity contribution >= 4 is 11.7 Å². The van der Waals surface area contributed by atoms with E-state index in [2.05, 4.69) is 4.90 Å². The number of ketones is 1. The number of piperazine rings is 1. The molecule has 0 saturated carbocycles. The summed E-state index contributed by atoms with van der Waals surface area (Å²) >= 11 is 0. The number of rotatable bonds is 4. The Morgan fingerprint density at radius 1 is 1.08 bits per heavy atom. The van der Waals surface area contributed by atoms with Crippen molar-refractivity contribution in [1.29, 1.82) is 0 Å². The third-order valence-corrected chi connectivity index (χ3v) is 5.27. The number of halogens is 3. The summed E-state index contributed by atoms with van der Waals surface area (Å²) in [4.78, 5) is 28.8. The summed E-state index contributed by atoms with van der Waals surface area (Å²) in [7, 11) is 0. The van der Waals surface area contributed by atoms with E-state index in [-0.39, 0.29) is 24.3 Å². The molecule has 2 heterocycles. The maximum absolute atomic E-state index is 12.7. The molecule has 2 saturated heterocycles. The first kappa shape index (κ1) is 18.9. The smallest absolute Gasteiger partial charge is 0.340 e. The van der Waals surface area contributed by atoms with Crippen LogP contribution in [-0.4, -0.2) is 53.7 Å². The number of Topliss-reactive ketones (excluding diaryl/α,β-unsaturated/α-hetero) is 1. The van der Waals surface area contributed by atoms with Crippen LogP contribution in [0.4, 0.5) is 13.2 Å². The van der Waals surface area contributed by atoms with Gasteiger partial charge in [-0.05, 0) is 31.5 Å². The van der Waals surface area contributed by atoms with Crippen LogP contribution in [-0.2, 0) is 11.0 Å². The molecule has 0 aromatic heterocycles. The summed E-state index contributed by atoms with van der Waals surface area (Å²) in [6.45, 7) is 3.29. The zero-order chi connectivity index (χ0) is 18.7. The van der Waals surface area contributed by atoms with E-state index in [0.717, 1.165) is 31.6 Å². The number of carbonyl (C=O) groups is 2. The fourth-order valence-corrected chi connectivity index (χ4v) is 3.77. The highest BCUT2D eigenvalue weighted by atomic mass is 19.4. The molecule has 2 aliphatic heterocycles. The first-order chi connectivity index (χ1) is 12.3. The molecule has 26 heavy (non-hydrogen) atoms. The molecule has 0 N–H and O–H groups in total. The van der Waals surface area contributed by atoms with E-state index < -0.39 is 17.5 Å². The Labute approximate surface area is 151 Å². The molecule has 0 bridgehead atoms. The zero-order valence-corrected chi connectivity index (χ0v) is 14.6. The highest BCUT2D eigenvalue weighted by molar-refractivity contribution is 5.98. The Morgan fingerprint density at radius 2 is 1.88 bits per heavy atom. The molecule has 1 aromatic carbocycles. The van der Waals surface area contributed by atoms with Crippen molar-refractivity contribution in [2.24, 2.45) is 0 Å². The average molecular weight is 368 g/mol. The van der Waals surface area contributed by atoms with Crippen LogP contribution in [0.15, 0.2) is 24.3 Å². The van der Waals surface area contributed by atoms with Crippen LogP contribution in [0.3, 0.4) is 0 Å². The van der Waals surface area contributed by atoms with E-state index >= 15 is 0 Å². The van der Waals surface area contributed by atoms with Gasteiger partial charge in [0.1, 0.15) is 0 Å². The van der Waals surface area contributed by atoms with Gasteiger partial charge in [-0.25, -0.2) is 0 Å². The monoisotopic (exact) mass is 368 g/mol. The number of benzene rings is 1. The number of hydrogen-bond donors (Lipinski definition) is 0. The third kappa shape index (κ3) is 4.44. The minimum Gasteiger partial charge on any atom is -0.340 e. The van der Waals surface area contributed by atoms with Crippen molar-refractivity contribution < 1.29 is 22.8 Å². The maximum atomic E-state index is 12.7. The van der Waals surface area contributed by atoms with Crippen molar-refractivity contribution in [2.75, 3.05) is 26.2 Å². The highest BCUT2D eigenvalue weighted by Gasteiger charge is 2.32. The molecule has 0 radical (unpaired) electrons. The van der Waals surface area contributed by atoms with Gasteiger partial charge in [0.05, 0.1) is 5.56 Å².